The van der Waals surface area contributed by atoms with Crippen LogP contribution in [0.5, 0.6) is 0 Å². The van der Waals surface area contributed by atoms with Crippen LogP contribution in [0, 0.1) is 0 Å². The van der Waals surface area contributed by atoms with Gasteiger partial charge in [-0.15, -0.1) is 0 Å². The number of hydrogen-bond donors (Lipinski definition) is 1. The number of benzene rings is 2. The van der Waals surface area contributed by atoms with Crippen molar-refractivity contribution in [3.63, 3.8) is 0 Å². The summed E-state index contributed by atoms with van der Waals surface area (Å²) < 4.78 is 23.0. The number of carbonyl (C=O) groups excluding carboxylic acids is 1. The van der Waals surface area contributed by atoms with Gasteiger partial charge < -0.3 is 5.32 Å². The maximum atomic E-state index is 12.4. The molecule has 1 aliphatic carbocycles. The smallest absolute Gasteiger partial charge is 0.251 e. The van der Waals surface area contributed by atoms with Gasteiger partial charge in [-0.2, -0.15) is 0 Å². The van der Waals surface area contributed by atoms with Crippen molar-refractivity contribution in [2.75, 3.05) is 6.26 Å². The van der Waals surface area contributed by atoms with Crippen molar-refractivity contribution in [1.29, 1.82) is 0 Å². The predicted molar refractivity (Wildman–Crippen MR) is 98.5 cm³/mol. The Balaban J connectivity index is 1.56. The molecule has 0 heterocycles. The number of carbonyl (C=O) groups is 1. The predicted octanol–water partition coefficient (Wildman–Crippen LogP) is 3.55. The van der Waals surface area contributed by atoms with Gasteiger partial charge in [0.15, 0.2) is 9.84 Å². The van der Waals surface area contributed by atoms with Gasteiger partial charge >= 0.3 is 0 Å². The number of nitrogens with one attached hydrogen (secondary N) is 1. The first-order chi connectivity index (χ1) is 11.9. The van der Waals surface area contributed by atoms with E-state index in [0.717, 1.165) is 31.9 Å². The standard InChI is InChI=1S/C20H23NO3S/c1-25(23,24)19-13-9-17(10-14-19)20(22)21-18-11-7-16(8-12-18)15-5-3-2-4-6-15/h2-6,9-10,13-14,16,18H,7-8,11-12H2,1H3,(H,21,22). The molecule has 1 aliphatic rings. The van der Waals surface area contributed by atoms with Crippen molar-refractivity contribution in [1.82, 2.24) is 5.32 Å². The molecule has 2 aromatic rings. The van der Waals surface area contributed by atoms with Gasteiger partial charge in [-0.05, 0) is 61.4 Å². The van der Waals surface area contributed by atoms with E-state index >= 15 is 0 Å². The third-order valence-corrected chi connectivity index (χ3v) is 6.01. The van der Waals surface area contributed by atoms with Crippen LogP contribution in [0.15, 0.2) is 59.5 Å². The zero-order valence-corrected chi connectivity index (χ0v) is 15.1. The average Bonchev–Trinajstić information content (AvgIpc) is 2.62. The summed E-state index contributed by atoms with van der Waals surface area (Å²) >= 11 is 0. The van der Waals surface area contributed by atoms with Crippen LogP contribution in [0.25, 0.3) is 0 Å². The van der Waals surface area contributed by atoms with Gasteiger partial charge in [0.2, 0.25) is 0 Å². The van der Waals surface area contributed by atoms with E-state index < -0.39 is 9.84 Å². The highest BCUT2D eigenvalue weighted by Gasteiger charge is 2.23. The van der Waals surface area contributed by atoms with Gasteiger partial charge in [0.05, 0.1) is 4.90 Å². The highest BCUT2D eigenvalue weighted by molar-refractivity contribution is 7.90. The summed E-state index contributed by atoms with van der Waals surface area (Å²) in [6, 6.07) is 16.8. The monoisotopic (exact) mass is 357 g/mol. The normalized spacial score (nSPS) is 20.8. The summed E-state index contributed by atoms with van der Waals surface area (Å²) in [6.45, 7) is 0. The van der Waals surface area contributed by atoms with E-state index in [0.29, 0.717) is 11.5 Å². The number of hydrogen-bond acceptors (Lipinski definition) is 3. The van der Waals surface area contributed by atoms with Crippen molar-refractivity contribution in [2.45, 2.75) is 42.5 Å². The van der Waals surface area contributed by atoms with Gasteiger partial charge in [0.25, 0.3) is 5.91 Å². The second-order valence-electron chi connectivity index (χ2n) is 6.73. The zero-order valence-electron chi connectivity index (χ0n) is 14.3. The molecular weight excluding hydrogens is 334 g/mol. The topological polar surface area (TPSA) is 63.2 Å². The van der Waals surface area contributed by atoms with Gasteiger partial charge in [-0.25, -0.2) is 8.42 Å². The van der Waals surface area contributed by atoms with E-state index in [2.05, 4.69) is 29.6 Å². The minimum atomic E-state index is -3.24. The summed E-state index contributed by atoms with van der Waals surface area (Å²) in [5.74, 6) is 0.437. The Morgan fingerprint density at radius 3 is 2.08 bits per heavy atom. The van der Waals surface area contributed by atoms with E-state index in [4.69, 9.17) is 0 Å². The zero-order chi connectivity index (χ0) is 17.9. The Morgan fingerprint density at radius 2 is 1.52 bits per heavy atom. The molecule has 3 rings (SSSR count). The van der Waals surface area contributed by atoms with Crippen LogP contribution in [0.1, 0.15) is 47.5 Å². The van der Waals surface area contributed by atoms with E-state index in [-0.39, 0.29) is 16.8 Å². The third-order valence-electron chi connectivity index (χ3n) is 4.88. The highest BCUT2D eigenvalue weighted by Crippen LogP contribution is 2.32. The molecule has 0 bridgehead atoms. The summed E-state index contributed by atoms with van der Waals surface area (Å²) in [7, 11) is -3.24. The van der Waals surface area contributed by atoms with E-state index in [1.807, 2.05) is 6.07 Å². The quantitative estimate of drug-likeness (QED) is 0.910. The molecular formula is C20H23NO3S. The van der Waals surface area contributed by atoms with Crippen molar-refractivity contribution < 1.29 is 13.2 Å². The summed E-state index contributed by atoms with van der Waals surface area (Å²) in [6.07, 6.45) is 5.23. The average molecular weight is 357 g/mol. The Labute approximate surface area is 149 Å². The molecule has 0 spiro atoms. The molecule has 25 heavy (non-hydrogen) atoms. The fourth-order valence-electron chi connectivity index (χ4n) is 3.42. The first-order valence-electron chi connectivity index (χ1n) is 8.59. The molecule has 1 N–H and O–H groups in total. The summed E-state index contributed by atoms with van der Waals surface area (Å²) in [4.78, 5) is 12.6. The lowest BCUT2D eigenvalue weighted by atomic mass is 9.82. The number of amides is 1. The number of sulfone groups is 1. The van der Waals surface area contributed by atoms with Crippen LogP contribution in [-0.2, 0) is 9.84 Å². The SMILES string of the molecule is CS(=O)(=O)c1ccc(C(=O)NC2CCC(c3ccccc3)CC2)cc1. The first kappa shape index (κ1) is 17.7. The van der Waals surface area contributed by atoms with E-state index in [9.17, 15) is 13.2 Å². The Kier molecular flexibility index (Phi) is 5.23. The van der Waals surface area contributed by atoms with Gasteiger partial charge in [0.1, 0.15) is 0 Å². The Hall–Kier alpha value is -2.14. The summed E-state index contributed by atoms with van der Waals surface area (Å²) in [5, 5.41) is 3.08. The van der Waals surface area contributed by atoms with Crippen molar-refractivity contribution in [3.8, 4) is 0 Å². The van der Waals surface area contributed by atoms with Crippen LogP contribution in [-0.4, -0.2) is 26.6 Å². The molecule has 1 saturated carbocycles. The fourth-order valence-corrected chi connectivity index (χ4v) is 4.05. The van der Waals surface area contributed by atoms with E-state index in [1.54, 1.807) is 12.1 Å². The van der Waals surface area contributed by atoms with Crippen LogP contribution >= 0.6 is 0 Å². The lowest BCUT2D eigenvalue weighted by Gasteiger charge is -2.29. The first-order valence-corrected chi connectivity index (χ1v) is 10.5. The Morgan fingerprint density at radius 1 is 0.920 bits per heavy atom. The summed E-state index contributed by atoms with van der Waals surface area (Å²) in [5.41, 5.74) is 1.88. The van der Waals surface area contributed by atoms with Gasteiger partial charge in [-0.1, -0.05) is 30.3 Å². The minimum Gasteiger partial charge on any atom is -0.349 e. The van der Waals surface area contributed by atoms with Crippen molar-refractivity contribution in [2.24, 2.45) is 0 Å². The second kappa shape index (κ2) is 7.40. The molecule has 4 nitrogen and oxygen atoms in total. The van der Waals surface area contributed by atoms with Crippen LogP contribution in [0.2, 0.25) is 0 Å². The maximum absolute atomic E-state index is 12.4. The second-order valence-corrected chi connectivity index (χ2v) is 8.74. The van der Waals surface area contributed by atoms with Gasteiger partial charge in [0, 0.05) is 17.9 Å². The largest absolute Gasteiger partial charge is 0.349 e. The van der Waals surface area contributed by atoms with Crippen molar-refractivity contribution >= 4 is 15.7 Å². The van der Waals surface area contributed by atoms with Crippen molar-refractivity contribution in [3.05, 3.63) is 65.7 Å². The fraction of sp³-hybridized carbons (Fsp3) is 0.350. The molecule has 1 amide bonds. The van der Waals surface area contributed by atoms with Crippen LogP contribution in [0.3, 0.4) is 0 Å². The maximum Gasteiger partial charge on any atom is 0.251 e. The minimum absolute atomic E-state index is 0.136. The van der Waals surface area contributed by atoms with E-state index in [1.165, 1.54) is 17.7 Å². The molecule has 2 aromatic carbocycles. The Bertz CT molecular complexity index is 821. The molecule has 0 saturated heterocycles. The molecule has 0 atom stereocenters. The molecule has 0 radical (unpaired) electrons. The molecule has 0 aliphatic heterocycles. The third kappa shape index (κ3) is 4.48. The molecule has 132 valence electrons. The molecule has 1 fully saturated rings. The lowest BCUT2D eigenvalue weighted by molar-refractivity contribution is 0.0925. The molecule has 5 heteroatoms. The van der Waals surface area contributed by atoms with Crippen LogP contribution < -0.4 is 5.32 Å². The molecule has 0 unspecified atom stereocenters. The van der Waals surface area contributed by atoms with Crippen LogP contribution in [0.4, 0.5) is 0 Å². The highest BCUT2D eigenvalue weighted by atomic mass is 32.2. The lowest BCUT2D eigenvalue weighted by Crippen LogP contribution is -2.37. The van der Waals surface area contributed by atoms with Gasteiger partial charge in [-0.3, -0.25) is 4.79 Å². The molecule has 0 aromatic heterocycles. The number of rotatable bonds is 4.